The number of benzene rings is 2. The van der Waals surface area contributed by atoms with Gasteiger partial charge in [0.1, 0.15) is 11.5 Å². The number of fused-ring (bicyclic) bond motifs is 1. The third-order valence-electron chi connectivity index (χ3n) is 3.97. The van der Waals surface area contributed by atoms with Crippen molar-refractivity contribution in [2.24, 2.45) is 0 Å². The minimum Gasteiger partial charge on any atom is -0.466 e. The third-order valence-corrected chi connectivity index (χ3v) is 4.42. The Morgan fingerprint density at radius 3 is 2.30 bits per heavy atom. The summed E-state index contributed by atoms with van der Waals surface area (Å²) in [7, 11) is 0. The Hall–Kier alpha value is -1.73. The first-order chi connectivity index (χ1) is 9.59. The highest BCUT2D eigenvalue weighted by atomic mass is 35.5. The third kappa shape index (κ3) is 2.03. The van der Waals surface area contributed by atoms with Crippen molar-refractivity contribution in [3.05, 3.63) is 70.7 Å². The molecule has 0 aliphatic carbocycles. The molecule has 0 amide bonds. The normalized spacial score (nSPS) is 12.8. The highest BCUT2D eigenvalue weighted by Gasteiger charge is 2.22. The van der Waals surface area contributed by atoms with Crippen LogP contribution < -0.4 is 0 Å². The molecule has 1 unspecified atom stereocenters. The van der Waals surface area contributed by atoms with Gasteiger partial charge in [0, 0.05) is 5.56 Å². The van der Waals surface area contributed by atoms with Crippen LogP contribution in [0.3, 0.4) is 0 Å². The molecule has 0 radical (unpaired) electrons. The molecule has 3 rings (SSSR count). The predicted octanol–water partition coefficient (Wildman–Crippen LogP) is 5.69. The van der Waals surface area contributed by atoms with Crippen LogP contribution in [0.5, 0.6) is 0 Å². The van der Waals surface area contributed by atoms with Gasteiger partial charge in [0.05, 0.1) is 5.38 Å². The lowest BCUT2D eigenvalue weighted by Gasteiger charge is -2.13. The van der Waals surface area contributed by atoms with Gasteiger partial charge in [0.25, 0.3) is 0 Å². The zero-order valence-electron chi connectivity index (χ0n) is 11.9. The summed E-state index contributed by atoms with van der Waals surface area (Å²) in [5.74, 6) is 1.86. The maximum Gasteiger partial charge on any atom is 0.106 e. The molecule has 0 aliphatic rings. The number of hydrogen-bond donors (Lipinski definition) is 0. The molecule has 1 heterocycles. The first kappa shape index (κ1) is 13.3. The van der Waals surface area contributed by atoms with Crippen molar-refractivity contribution in [1.29, 1.82) is 0 Å². The number of furan rings is 1. The highest BCUT2D eigenvalue weighted by Crippen LogP contribution is 2.38. The highest BCUT2D eigenvalue weighted by molar-refractivity contribution is 6.23. The molecule has 0 aliphatic heterocycles. The summed E-state index contributed by atoms with van der Waals surface area (Å²) in [4.78, 5) is 0. The average molecular weight is 285 g/mol. The van der Waals surface area contributed by atoms with E-state index in [-0.39, 0.29) is 5.38 Å². The number of alkyl halides is 1. The first-order valence-corrected chi connectivity index (χ1v) is 7.21. The Balaban J connectivity index is 2.20. The van der Waals surface area contributed by atoms with E-state index in [1.807, 2.05) is 19.9 Å². The number of aryl methyl sites for hydroxylation is 2. The maximum absolute atomic E-state index is 6.77. The van der Waals surface area contributed by atoms with Gasteiger partial charge in [-0.3, -0.25) is 0 Å². The summed E-state index contributed by atoms with van der Waals surface area (Å²) < 4.78 is 5.72. The topological polar surface area (TPSA) is 13.1 Å². The van der Waals surface area contributed by atoms with Gasteiger partial charge in [-0.05, 0) is 42.7 Å². The quantitative estimate of drug-likeness (QED) is 0.551. The summed E-state index contributed by atoms with van der Waals surface area (Å²) in [6.45, 7) is 6.04. The van der Waals surface area contributed by atoms with Gasteiger partial charge >= 0.3 is 0 Å². The molecule has 0 saturated carbocycles. The van der Waals surface area contributed by atoms with Crippen LogP contribution >= 0.6 is 11.6 Å². The van der Waals surface area contributed by atoms with Crippen LogP contribution in [-0.2, 0) is 0 Å². The Bertz CT molecular complexity index is 765. The molecule has 1 nitrogen and oxygen atoms in total. The van der Waals surface area contributed by atoms with E-state index < -0.39 is 0 Å². The zero-order chi connectivity index (χ0) is 14.3. The van der Waals surface area contributed by atoms with E-state index in [4.69, 9.17) is 16.0 Å². The molecular weight excluding hydrogens is 268 g/mol. The first-order valence-electron chi connectivity index (χ1n) is 6.78. The summed E-state index contributed by atoms with van der Waals surface area (Å²) >= 11 is 6.77. The fourth-order valence-electron chi connectivity index (χ4n) is 2.81. The van der Waals surface area contributed by atoms with Crippen molar-refractivity contribution in [1.82, 2.24) is 0 Å². The number of hydrogen-bond acceptors (Lipinski definition) is 1. The van der Waals surface area contributed by atoms with Crippen LogP contribution in [0.15, 0.2) is 46.9 Å². The van der Waals surface area contributed by atoms with Crippen molar-refractivity contribution in [2.45, 2.75) is 26.1 Å². The second kappa shape index (κ2) is 4.99. The molecule has 102 valence electrons. The summed E-state index contributed by atoms with van der Waals surface area (Å²) in [6, 6.07) is 14.6. The standard InChI is InChI=1S/C18H17ClO/c1-11-12(2)20-13(3)17(11)18(19)16-10-6-8-14-7-4-5-9-15(14)16/h4-10,18H,1-3H3. The van der Waals surface area contributed by atoms with E-state index in [2.05, 4.69) is 43.3 Å². The largest absolute Gasteiger partial charge is 0.466 e. The second-order valence-corrected chi connectivity index (χ2v) is 5.62. The Kier molecular flexibility index (Phi) is 3.31. The Morgan fingerprint density at radius 2 is 1.60 bits per heavy atom. The van der Waals surface area contributed by atoms with E-state index in [9.17, 15) is 0 Å². The predicted molar refractivity (Wildman–Crippen MR) is 84.6 cm³/mol. The molecule has 2 heteroatoms. The van der Waals surface area contributed by atoms with Gasteiger partial charge in [0.15, 0.2) is 0 Å². The Morgan fingerprint density at radius 1 is 0.900 bits per heavy atom. The zero-order valence-corrected chi connectivity index (χ0v) is 12.7. The SMILES string of the molecule is Cc1oc(C)c(C(Cl)c2cccc3ccccc23)c1C. The molecule has 2 aromatic carbocycles. The van der Waals surface area contributed by atoms with Crippen LogP contribution in [-0.4, -0.2) is 0 Å². The van der Waals surface area contributed by atoms with Crippen LogP contribution in [0.1, 0.15) is 33.6 Å². The van der Waals surface area contributed by atoms with Gasteiger partial charge in [-0.1, -0.05) is 42.5 Å². The van der Waals surface area contributed by atoms with Gasteiger partial charge in [-0.25, -0.2) is 0 Å². The average Bonchev–Trinajstić information content (AvgIpc) is 2.71. The van der Waals surface area contributed by atoms with Crippen LogP contribution in [0.2, 0.25) is 0 Å². The van der Waals surface area contributed by atoms with Crippen molar-refractivity contribution < 1.29 is 4.42 Å². The maximum atomic E-state index is 6.77. The molecular formula is C18H17ClO. The molecule has 1 aromatic heterocycles. The van der Waals surface area contributed by atoms with Crippen molar-refractivity contribution in [3.63, 3.8) is 0 Å². The number of rotatable bonds is 2. The summed E-state index contributed by atoms with van der Waals surface area (Å²) in [5.41, 5.74) is 3.38. The van der Waals surface area contributed by atoms with Gasteiger partial charge in [-0.15, -0.1) is 11.6 Å². The van der Waals surface area contributed by atoms with Crippen molar-refractivity contribution in [2.75, 3.05) is 0 Å². The van der Waals surface area contributed by atoms with E-state index in [0.717, 1.165) is 28.2 Å². The minimum atomic E-state index is -0.182. The minimum absolute atomic E-state index is 0.182. The van der Waals surface area contributed by atoms with E-state index in [1.165, 1.54) is 10.8 Å². The molecule has 20 heavy (non-hydrogen) atoms. The van der Waals surface area contributed by atoms with E-state index in [1.54, 1.807) is 0 Å². The number of halogens is 1. The smallest absolute Gasteiger partial charge is 0.106 e. The van der Waals surface area contributed by atoms with Crippen LogP contribution in [0, 0.1) is 20.8 Å². The fraction of sp³-hybridized carbons (Fsp3) is 0.222. The Labute approximate surface area is 124 Å². The summed E-state index contributed by atoms with van der Waals surface area (Å²) in [5, 5.41) is 2.23. The monoisotopic (exact) mass is 284 g/mol. The van der Waals surface area contributed by atoms with E-state index in [0.29, 0.717) is 0 Å². The lowest BCUT2D eigenvalue weighted by atomic mass is 9.96. The lowest BCUT2D eigenvalue weighted by Crippen LogP contribution is -1.97. The van der Waals surface area contributed by atoms with Crippen molar-refractivity contribution >= 4 is 22.4 Å². The fourth-order valence-corrected chi connectivity index (χ4v) is 3.32. The molecule has 3 aromatic rings. The van der Waals surface area contributed by atoms with Gasteiger partial charge in [0.2, 0.25) is 0 Å². The van der Waals surface area contributed by atoms with E-state index >= 15 is 0 Å². The molecule has 0 N–H and O–H groups in total. The molecule has 0 fully saturated rings. The second-order valence-electron chi connectivity index (χ2n) is 5.18. The van der Waals surface area contributed by atoms with Gasteiger partial charge < -0.3 is 4.42 Å². The summed E-state index contributed by atoms with van der Waals surface area (Å²) in [6.07, 6.45) is 0. The van der Waals surface area contributed by atoms with Crippen molar-refractivity contribution in [3.8, 4) is 0 Å². The van der Waals surface area contributed by atoms with Crippen LogP contribution in [0.4, 0.5) is 0 Å². The molecule has 0 saturated heterocycles. The molecule has 0 spiro atoms. The lowest BCUT2D eigenvalue weighted by molar-refractivity contribution is 0.500. The molecule has 1 atom stereocenters. The molecule has 0 bridgehead atoms. The van der Waals surface area contributed by atoms with Crippen LogP contribution in [0.25, 0.3) is 10.8 Å². The van der Waals surface area contributed by atoms with Gasteiger partial charge in [-0.2, -0.15) is 0 Å².